The maximum Gasteiger partial charge on any atom is 0.234 e. The number of rotatable bonds is 5. The molecular formula is C14H15ClFN5OS. The van der Waals surface area contributed by atoms with Crippen LogP contribution in [0.25, 0.3) is 0 Å². The van der Waals surface area contributed by atoms with Gasteiger partial charge in [-0.05, 0) is 35.4 Å². The molecule has 9 heteroatoms. The van der Waals surface area contributed by atoms with Crippen LogP contribution in [0.2, 0.25) is 5.02 Å². The first-order chi connectivity index (χ1) is 11.1. The van der Waals surface area contributed by atoms with Gasteiger partial charge in [0.15, 0.2) is 5.82 Å². The summed E-state index contributed by atoms with van der Waals surface area (Å²) in [6.45, 7) is 0. The standard InChI is InChI=1S/C14H15ClFN5OS/c15-10-6-3-7-11(13(10)16)17-12(22)8-23-14-18-19-20-21(14)9-4-1-2-5-9/h3,6-7,9H,1-2,4-5,8H2,(H,17,22). The van der Waals surface area contributed by atoms with Gasteiger partial charge in [-0.3, -0.25) is 4.79 Å². The minimum Gasteiger partial charge on any atom is -0.323 e. The largest absolute Gasteiger partial charge is 0.323 e. The first kappa shape index (κ1) is 16.2. The van der Waals surface area contributed by atoms with E-state index in [1.54, 1.807) is 10.7 Å². The number of nitrogens with one attached hydrogen (secondary N) is 1. The fraction of sp³-hybridized carbons (Fsp3) is 0.429. The number of thioether (sulfide) groups is 1. The Hall–Kier alpha value is -1.67. The zero-order chi connectivity index (χ0) is 16.2. The molecule has 1 aromatic carbocycles. The van der Waals surface area contributed by atoms with Crippen LogP contribution in [0.1, 0.15) is 31.7 Å². The Morgan fingerprint density at radius 3 is 3.00 bits per heavy atom. The first-order valence-electron chi connectivity index (χ1n) is 7.29. The van der Waals surface area contributed by atoms with E-state index < -0.39 is 5.82 Å². The van der Waals surface area contributed by atoms with Crippen molar-refractivity contribution in [2.24, 2.45) is 0 Å². The van der Waals surface area contributed by atoms with Gasteiger partial charge in [-0.25, -0.2) is 9.07 Å². The van der Waals surface area contributed by atoms with Crippen LogP contribution in [0.5, 0.6) is 0 Å². The summed E-state index contributed by atoms with van der Waals surface area (Å²) in [5, 5.41) is 14.7. The monoisotopic (exact) mass is 355 g/mol. The number of hydrogen-bond donors (Lipinski definition) is 1. The Bertz CT molecular complexity index is 704. The number of halogens is 2. The molecule has 122 valence electrons. The lowest BCUT2D eigenvalue weighted by Crippen LogP contribution is -2.16. The van der Waals surface area contributed by atoms with Crippen molar-refractivity contribution >= 4 is 35.0 Å². The number of aromatic nitrogens is 4. The minimum absolute atomic E-state index is 0.0272. The Kier molecular flexibility index (Phi) is 5.12. The van der Waals surface area contributed by atoms with Crippen LogP contribution >= 0.6 is 23.4 Å². The lowest BCUT2D eigenvalue weighted by molar-refractivity contribution is -0.113. The first-order valence-corrected chi connectivity index (χ1v) is 8.66. The van der Waals surface area contributed by atoms with E-state index in [0.29, 0.717) is 11.2 Å². The molecule has 0 radical (unpaired) electrons. The quantitative estimate of drug-likeness (QED) is 0.833. The summed E-state index contributed by atoms with van der Waals surface area (Å²) in [6, 6.07) is 4.78. The maximum absolute atomic E-state index is 13.8. The van der Waals surface area contributed by atoms with E-state index in [0.717, 1.165) is 12.8 Å². The van der Waals surface area contributed by atoms with Crippen LogP contribution in [0.4, 0.5) is 10.1 Å². The van der Waals surface area contributed by atoms with Crippen molar-refractivity contribution in [2.45, 2.75) is 36.9 Å². The number of nitrogens with zero attached hydrogens (tertiary/aromatic N) is 4. The molecule has 1 aliphatic carbocycles. The number of tetrazole rings is 1. The van der Waals surface area contributed by atoms with E-state index in [-0.39, 0.29) is 22.4 Å². The topological polar surface area (TPSA) is 72.7 Å². The second kappa shape index (κ2) is 7.27. The molecule has 6 nitrogen and oxygen atoms in total. The molecule has 0 saturated heterocycles. The highest BCUT2D eigenvalue weighted by molar-refractivity contribution is 7.99. The SMILES string of the molecule is O=C(CSc1nnnn1C1CCCC1)Nc1cccc(Cl)c1F. The molecule has 1 fully saturated rings. The Morgan fingerprint density at radius 1 is 1.43 bits per heavy atom. The summed E-state index contributed by atoms with van der Waals surface area (Å²) in [5.41, 5.74) is 0.0680. The van der Waals surface area contributed by atoms with Crippen molar-refractivity contribution in [1.82, 2.24) is 20.2 Å². The molecule has 0 atom stereocenters. The third-order valence-corrected chi connectivity index (χ3v) is 4.92. The summed E-state index contributed by atoms with van der Waals surface area (Å²) < 4.78 is 15.5. The third-order valence-electron chi connectivity index (χ3n) is 3.69. The smallest absolute Gasteiger partial charge is 0.234 e. The van der Waals surface area contributed by atoms with Gasteiger partial charge >= 0.3 is 0 Å². The van der Waals surface area contributed by atoms with Crippen LogP contribution in [-0.2, 0) is 4.79 Å². The van der Waals surface area contributed by atoms with Gasteiger partial charge in [-0.1, -0.05) is 42.3 Å². The highest BCUT2D eigenvalue weighted by Gasteiger charge is 2.22. The Balaban J connectivity index is 1.59. The van der Waals surface area contributed by atoms with Gasteiger partial charge < -0.3 is 5.32 Å². The van der Waals surface area contributed by atoms with E-state index in [4.69, 9.17) is 11.6 Å². The summed E-state index contributed by atoms with van der Waals surface area (Å²) >= 11 is 6.93. The zero-order valence-electron chi connectivity index (χ0n) is 12.2. The molecule has 1 aromatic heterocycles. The highest BCUT2D eigenvalue weighted by Crippen LogP contribution is 2.31. The van der Waals surface area contributed by atoms with Crippen molar-refractivity contribution < 1.29 is 9.18 Å². The second-order valence-corrected chi connectivity index (χ2v) is 6.63. The van der Waals surface area contributed by atoms with Crippen molar-refractivity contribution in [3.05, 3.63) is 29.0 Å². The van der Waals surface area contributed by atoms with Crippen LogP contribution in [0.3, 0.4) is 0 Å². The molecule has 1 amide bonds. The minimum atomic E-state index is -0.636. The Labute approximate surface area is 141 Å². The van der Waals surface area contributed by atoms with E-state index in [1.807, 2.05) is 0 Å². The van der Waals surface area contributed by atoms with Gasteiger partial charge in [0.2, 0.25) is 11.1 Å². The average molecular weight is 356 g/mol. The van der Waals surface area contributed by atoms with Crippen molar-refractivity contribution in [1.29, 1.82) is 0 Å². The molecule has 2 aromatic rings. The van der Waals surface area contributed by atoms with Crippen molar-refractivity contribution in [3.63, 3.8) is 0 Å². The fourth-order valence-electron chi connectivity index (χ4n) is 2.58. The predicted octanol–water partition coefficient (Wildman–Crippen LogP) is 3.31. The number of carbonyl (C=O) groups excluding carboxylic acids is 1. The molecule has 23 heavy (non-hydrogen) atoms. The number of benzene rings is 1. The van der Waals surface area contributed by atoms with E-state index in [2.05, 4.69) is 20.8 Å². The molecule has 0 bridgehead atoms. The van der Waals surface area contributed by atoms with E-state index in [9.17, 15) is 9.18 Å². The summed E-state index contributed by atoms with van der Waals surface area (Å²) in [5.74, 6) is -0.876. The summed E-state index contributed by atoms with van der Waals surface area (Å²) in [6.07, 6.45) is 4.45. The number of carbonyl (C=O) groups is 1. The van der Waals surface area contributed by atoms with Gasteiger partial charge in [-0.15, -0.1) is 5.10 Å². The normalized spacial score (nSPS) is 15.0. The molecule has 3 rings (SSSR count). The molecule has 1 N–H and O–H groups in total. The van der Waals surface area contributed by atoms with Crippen molar-refractivity contribution in [2.75, 3.05) is 11.1 Å². The van der Waals surface area contributed by atoms with Gasteiger partial charge in [0.05, 0.1) is 22.5 Å². The molecule has 0 aliphatic heterocycles. The molecule has 1 saturated carbocycles. The number of amides is 1. The lowest BCUT2D eigenvalue weighted by Gasteiger charge is -2.11. The maximum atomic E-state index is 13.8. The van der Waals surface area contributed by atoms with Gasteiger partial charge in [0, 0.05) is 0 Å². The van der Waals surface area contributed by atoms with E-state index >= 15 is 0 Å². The third kappa shape index (κ3) is 3.81. The summed E-state index contributed by atoms with van der Waals surface area (Å²) in [7, 11) is 0. The molecule has 1 heterocycles. The fourth-order valence-corrected chi connectivity index (χ4v) is 3.49. The summed E-state index contributed by atoms with van der Waals surface area (Å²) in [4.78, 5) is 12.0. The van der Waals surface area contributed by atoms with Crippen LogP contribution < -0.4 is 5.32 Å². The number of hydrogen-bond acceptors (Lipinski definition) is 5. The lowest BCUT2D eigenvalue weighted by atomic mass is 10.3. The van der Waals surface area contributed by atoms with E-state index in [1.165, 1.54) is 36.7 Å². The zero-order valence-corrected chi connectivity index (χ0v) is 13.8. The van der Waals surface area contributed by atoms with Gasteiger partial charge in [0.1, 0.15) is 0 Å². The highest BCUT2D eigenvalue weighted by atomic mass is 35.5. The molecular weight excluding hydrogens is 341 g/mol. The second-order valence-electron chi connectivity index (χ2n) is 5.28. The van der Waals surface area contributed by atoms with Crippen LogP contribution in [0, 0.1) is 5.82 Å². The Morgan fingerprint density at radius 2 is 2.22 bits per heavy atom. The van der Waals surface area contributed by atoms with Crippen LogP contribution in [-0.4, -0.2) is 31.9 Å². The number of anilines is 1. The molecule has 0 spiro atoms. The van der Waals surface area contributed by atoms with Gasteiger partial charge in [0.25, 0.3) is 0 Å². The molecule has 1 aliphatic rings. The van der Waals surface area contributed by atoms with Crippen LogP contribution in [0.15, 0.2) is 23.4 Å². The van der Waals surface area contributed by atoms with Gasteiger partial charge in [-0.2, -0.15) is 0 Å². The average Bonchev–Trinajstić information content (AvgIpc) is 3.20. The predicted molar refractivity (Wildman–Crippen MR) is 86.1 cm³/mol. The molecule has 0 unspecified atom stereocenters. The van der Waals surface area contributed by atoms with Crippen molar-refractivity contribution in [3.8, 4) is 0 Å².